The summed E-state index contributed by atoms with van der Waals surface area (Å²) in [6.45, 7) is 2.27. The summed E-state index contributed by atoms with van der Waals surface area (Å²) in [5.74, 6) is 1.16. The lowest BCUT2D eigenvalue weighted by Crippen LogP contribution is -2.11. The van der Waals surface area contributed by atoms with Crippen LogP contribution in [0, 0.1) is 6.92 Å². The maximum atomic E-state index is 11.6. The van der Waals surface area contributed by atoms with Crippen LogP contribution in [0.1, 0.15) is 11.3 Å². The molecule has 100 valence electrons. The highest BCUT2D eigenvalue weighted by atomic mass is 16.5. The fourth-order valence-corrected chi connectivity index (χ4v) is 1.85. The summed E-state index contributed by atoms with van der Waals surface area (Å²) in [6, 6.07) is 7.15. The summed E-state index contributed by atoms with van der Waals surface area (Å²) in [6.07, 6.45) is 0. The van der Waals surface area contributed by atoms with Crippen LogP contribution < -0.4 is 10.3 Å². The summed E-state index contributed by atoms with van der Waals surface area (Å²) < 4.78 is 10.3. The fourth-order valence-electron chi connectivity index (χ4n) is 1.85. The normalized spacial score (nSPS) is 10.5. The zero-order chi connectivity index (χ0) is 13.8. The highest BCUT2D eigenvalue weighted by Gasteiger charge is 2.10. The molecular weight excluding hydrogens is 244 g/mol. The van der Waals surface area contributed by atoms with E-state index in [-0.39, 0.29) is 5.56 Å². The van der Waals surface area contributed by atoms with E-state index in [2.05, 4.69) is 9.97 Å². The summed E-state index contributed by atoms with van der Waals surface area (Å²) in [5, 5.41) is 0. The molecule has 0 amide bonds. The van der Waals surface area contributed by atoms with Crippen molar-refractivity contribution in [3.05, 3.63) is 45.9 Å². The zero-order valence-electron chi connectivity index (χ0n) is 11.2. The molecule has 0 unspecified atom stereocenters. The van der Waals surface area contributed by atoms with E-state index in [1.54, 1.807) is 14.2 Å². The number of rotatable bonds is 4. The van der Waals surface area contributed by atoms with Gasteiger partial charge in [-0.05, 0) is 24.6 Å². The Hall–Kier alpha value is -2.14. The Kier molecular flexibility index (Phi) is 3.97. The van der Waals surface area contributed by atoms with Crippen molar-refractivity contribution < 1.29 is 9.47 Å². The second-order valence-electron chi connectivity index (χ2n) is 4.22. The Morgan fingerprint density at radius 3 is 2.74 bits per heavy atom. The minimum atomic E-state index is -0.209. The van der Waals surface area contributed by atoms with Crippen LogP contribution in [0.25, 0.3) is 11.4 Å². The lowest BCUT2D eigenvalue weighted by Gasteiger charge is -2.09. The van der Waals surface area contributed by atoms with Crippen LogP contribution in [0.2, 0.25) is 0 Å². The Morgan fingerprint density at radius 2 is 2.05 bits per heavy atom. The third-order valence-electron chi connectivity index (χ3n) is 2.70. The van der Waals surface area contributed by atoms with Crippen LogP contribution in [0.4, 0.5) is 0 Å². The zero-order valence-corrected chi connectivity index (χ0v) is 11.2. The molecule has 0 radical (unpaired) electrons. The Morgan fingerprint density at radius 1 is 1.26 bits per heavy atom. The lowest BCUT2D eigenvalue weighted by molar-refractivity contribution is 0.181. The van der Waals surface area contributed by atoms with Crippen molar-refractivity contribution in [2.24, 2.45) is 0 Å². The number of nitrogens with zero attached hydrogens (tertiary/aromatic N) is 1. The Balaban J connectivity index is 2.55. The number of aryl methyl sites for hydroxylation is 1. The predicted molar refractivity (Wildman–Crippen MR) is 72.3 cm³/mol. The van der Waals surface area contributed by atoms with Gasteiger partial charge in [0.2, 0.25) is 0 Å². The highest BCUT2D eigenvalue weighted by molar-refractivity contribution is 5.64. The molecule has 0 aliphatic rings. The molecule has 5 heteroatoms. The molecule has 0 fully saturated rings. The first-order chi connectivity index (χ1) is 9.13. The second kappa shape index (κ2) is 5.67. The number of methoxy groups -OCH3 is 2. The number of benzene rings is 1. The van der Waals surface area contributed by atoms with Crippen molar-refractivity contribution in [2.45, 2.75) is 13.5 Å². The molecule has 1 aromatic carbocycles. The maximum absolute atomic E-state index is 11.6. The van der Waals surface area contributed by atoms with E-state index < -0.39 is 0 Å². The van der Waals surface area contributed by atoms with Crippen LogP contribution in [0.3, 0.4) is 0 Å². The quantitative estimate of drug-likeness (QED) is 0.912. The number of H-pyrrole nitrogens is 1. The molecular formula is C14H16N2O3. The topological polar surface area (TPSA) is 64.2 Å². The van der Waals surface area contributed by atoms with Crippen molar-refractivity contribution in [1.29, 1.82) is 0 Å². The lowest BCUT2D eigenvalue weighted by atomic mass is 10.1. The first-order valence-electron chi connectivity index (χ1n) is 5.88. The molecule has 0 saturated carbocycles. The van der Waals surface area contributed by atoms with Gasteiger partial charge in [-0.1, -0.05) is 6.07 Å². The van der Waals surface area contributed by atoms with E-state index in [9.17, 15) is 4.79 Å². The van der Waals surface area contributed by atoms with Crippen LogP contribution in [0.5, 0.6) is 5.75 Å². The van der Waals surface area contributed by atoms with Gasteiger partial charge >= 0.3 is 0 Å². The van der Waals surface area contributed by atoms with E-state index in [0.29, 0.717) is 23.9 Å². The molecule has 0 saturated heterocycles. The van der Waals surface area contributed by atoms with Gasteiger partial charge in [-0.15, -0.1) is 0 Å². The maximum Gasteiger partial charge on any atom is 0.251 e. The van der Waals surface area contributed by atoms with E-state index >= 15 is 0 Å². The van der Waals surface area contributed by atoms with Gasteiger partial charge in [-0.2, -0.15) is 0 Å². The smallest absolute Gasteiger partial charge is 0.251 e. The molecule has 1 heterocycles. The van der Waals surface area contributed by atoms with Crippen molar-refractivity contribution in [3.8, 4) is 17.1 Å². The largest absolute Gasteiger partial charge is 0.496 e. The first-order valence-corrected chi connectivity index (χ1v) is 5.88. The van der Waals surface area contributed by atoms with Gasteiger partial charge in [0, 0.05) is 13.2 Å². The number of hydrogen-bond donors (Lipinski definition) is 1. The minimum Gasteiger partial charge on any atom is -0.496 e. The third-order valence-corrected chi connectivity index (χ3v) is 2.70. The average Bonchev–Trinajstić information content (AvgIpc) is 2.38. The van der Waals surface area contributed by atoms with E-state index in [4.69, 9.17) is 9.47 Å². The molecule has 0 bridgehead atoms. The monoisotopic (exact) mass is 260 g/mol. The van der Waals surface area contributed by atoms with Crippen LogP contribution in [0.15, 0.2) is 29.1 Å². The number of aromatic amines is 1. The average molecular weight is 260 g/mol. The molecule has 2 rings (SSSR count). The van der Waals surface area contributed by atoms with Crippen LogP contribution in [-0.2, 0) is 11.3 Å². The van der Waals surface area contributed by atoms with Crippen molar-refractivity contribution in [1.82, 2.24) is 9.97 Å². The summed E-state index contributed by atoms with van der Waals surface area (Å²) in [4.78, 5) is 18.7. The molecule has 1 N–H and O–H groups in total. The Bertz CT molecular complexity index is 635. The molecule has 19 heavy (non-hydrogen) atoms. The van der Waals surface area contributed by atoms with E-state index in [0.717, 1.165) is 11.1 Å². The minimum absolute atomic E-state index is 0.209. The summed E-state index contributed by atoms with van der Waals surface area (Å²) in [7, 11) is 3.16. The van der Waals surface area contributed by atoms with Gasteiger partial charge in [-0.3, -0.25) is 4.79 Å². The van der Waals surface area contributed by atoms with Gasteiger partial charge in [-0.25, -0.2) is 4.98 Å². The summed E-state index contributed by atoms with van der Waals surface area (Å²) in [5.41, 5.74) is 2.21. The first kappa shape index (κ1) is 13.3. The SMILES string of the molecule is COCc1cc(=O)[nH]c(-c2ccc(C)cc2OC)n1. The van der Waals surface area contributed by atoms with Crippen LogP contribution >= 0.6 is 0 Å². The predicted octanol–water partition coefficient (Wildman–Crippen LogP) is 1.90. The van der Waals surface area contributed by atoms with Gasteiger partial charge in [0.1, 0.15) is 11.6 Å². The molecule has 0 aliphatic heterocycles. The molecule has 0 atom stereocenters. The van der Waals surface area contributed by atoms with Gasteiger partial charge < -0.3 is 14.5 Å². The third kappa shape index (κ3) is 3.00. The standard InChI is InChI=1S/C14H16N2O3/c1-9-4-5-11(12(6-9)19-3)14-15-10(8-18-2)7-13(17)16-14/h4-7H,8H2,1-3H3,(H,15,16,17). The summed E-state index contributed by atoms with van der Waals surface area (Å²) >= 11 is 0. The fraction of sp³-hybridized carbons (Fsp3) is 0.286. The molecule has 0 aliphatic carbocycles. The molecule has 5 nitrogen and oxygen atoms in total. The number of hydrogen-bond acceptors (Lipinski definition) is 4. The van der Waals surface area contributed by atoms with E-state index in [1.807, 2.05) is 25.1 Å². The number of ether oxygens (including phenoxy) is 2. The Labute approximate surface area is 111 Å². The van der Waals surface area contributed by atoms with Crippen molar-refractivity contribution >= 4 is 0 Å². The van der Waals surface area contributed by atoms with E-state index in [1.165, 1.54) is 6.07 Å². The molecule has 0 spiro atoms. The van der Waals surface area contributed by atoms with Crippen molar-refractivity contribution in [3.63, 3.8) is 0 Å². The van der Waals surface area contributed by atoms with Gasteiger partial charge in [0.25, 0.3) is 5.56 Å². The number of nitrogens with one attached hydrogen (secondary N) is 1. The van der Waals surface area contributed by atoms with Crippen LogP contribution in [-0.4, -0.2) is 24.2 Å². The van der Waals surface area contributed by atoms with Crippen molar-refractivity contribution in [2.75, 3.05) is 14.2 Å². The number of aromatic nitrogens is 2. The molecule has 2 aromatic rings. The van der Waals surface area contributed by atoms with Gasteiger partial charge in [0.05, 0.1) is 25.0 Å². The highest BCUT2D eigenvalue weighted by Crippen LogP contribution is 2.27. The van der Waals surface area contributed by atoms with Gasteiger partial charge in [0.15, 0.2) is 0 Å². The molecule has 1 aromatic heterocycles. The second-order valence-corrected chi connectivity index (χ2v) is 4.22.